The van der Waals surface area contributed by atoms with Gasteiger partial charge in [0.2, 0.25) is 5.56 Å². The van der Waals surface area contributed by atoms with Crippen LogP contribution in [0.5, 0.6) is 0 Å². The highest BCUT2D eigenvalue weighted by atomic mass is 35.5. The Morgan fingerprint density at radius 1 is 1.20 bits per heavy atom. The van der Waals surface area contributed by atoms with Crippen molar-refractivity contribution in [3.05, 3.63) is 50.2 Å². The number of benzene rings is 1. The van der Waals surface area contributed by atoms with Crippen LogP contribution in [0.1, 0.15) is 17.0 Å². The van der Waals surface area contributed by atoms with Gasteiger partial charge in [-0.25, -0.2) is 4.98 Å². The number of fused-ring (bicyclic) bond motifs is 2. The molecule has 0 radical (unpaired) electrons. The van der Waals surface area contributed by atoms with Crippen molar-refractivity contribution in [2.45, 2.75) is 19.3 Å². The van der Waals surface area contributed by atoms with Crippen LogP contribution in [-0.2, 0) is 12.8 Å². The van der Waals surface area contributed by atoms with Gasteiger partial charge in [0, 0.05) is 27.4 Å². The predicted molar refractivity (Wildman–Crippen MR) is 82.7 cm³/mol. The Morgan fingerprint density at radius 3 is 2.95 bits per heavy atom. The molecular formula is C15H11ClN2OS. The second-order valence-corrected chi connectivity index (χ2v) is 6.41. The van der Waals surface area contributed by atoms with Gasteiger partial charge in [-0.3, -0.25) is 4.79 Å². The monoisotopic (exact) mass is 302 g/mol. The molecule has 0 atom stereocenters. The number of hydrogen-bond donors (Lipinski definition) is 1. The van der Waals surface area contributed by atoms with Crippen molar-refractivity contribution in [1.82, 2.24) is 9.97 Å². The molecule has 0 fully saturated rings. The average molecular weight is 303 g/mol. The van der Waals surface area contributed by atoms with E-state index >= 15 is 0 Å². The molecule has 1 aliphatic carbocycles. The SMILES string of the molecule is O=c1ccc2c(Cl)c(-c3nc4c(s3)CCC4)ccc2[nH]1. The number of halogens is 1. The number of aryl methyl sites for hydroxylation is 2. The molecule has 5 heteroatoms. The minimum atomic E-state index is -0.116. The largest absolute Gasteiger partial charge is 0.322 e. The number of aromatic nitrogens is 2. The second-order valence-electron chi connectivity index (χ2n) is 4.95. The van der Waals surface area contributed by atoms with Gasteiger partial charge in [0.05, 0.1) is 10.7 Å². The summed E-state index contributed by atoms with van der Waals surface area (Å²) >= 11 is 8.23. The highest BCUT2D eigenvalue weighted by Crippen LogP contribution is 2.38. The zero-order chi connectivity index (χ0) is 13.7. The molecule has 3 aromatic rings. The first kappa shape index (κ1) is 12.1. The van der Waals surface area contributed by atoms with Crippen LogP contribution in [0.25, 0.3) is 21.5 Å². The molecule has 0 unspecified atom stereocenters. The van der Waals surface area contributed by atoms with Crippen LogP contribution in [0.3, 0.4) is 0 Å². The Morgan fingerprint density at radius 2 is 2.10 bits per heavy atom. The quantitative estimate of drug-likeness (QED) is 0.743. The lowest BCUT2D eigenvalue weighted by molar-refractivity contribution is 0.900. The smallest absolute Gasteiger partial charge is 0.248 e. The van der Waals surface area contributed by atoms with Gasteiger partial charge >= 0.3 is 0 Å². The van der Waals surface area contributed by atoms with E-state index in [9.17, 15) is 4.79 Å². The Labute approximate surface area is 124 Å². The maximum Gasteiger partial charge on any atom is 0.248 e. The Balaban J connectivity index is 1.93. The first-order chi connectivity index (χ1) is 9.72. The molecule has 2 aromatic heterocycles. The number of H-pyrrole nitrogens is 1. The van der Waals surface area contributed by atoms with Crippen LogP contribution < -0.4 is 5.56 Å². The van der Waals surface area contributed by atoms with E-state index < -0.39 is 0 Å². The van der Waals surface area contributed by atoms with Crippen molar-refractivity contribution in [2.75, 3.05) is 0 Å². The van der Waals surface area contributed by atoms with Crippen molar-refractivity contribution in [3.8, 4) is 10.6 Å². The number of nitrogens with zero attached hydrogens (tertiary/aromatic N) is 1. The maximum absolute atomic E-state index is 11.3. The molecule has 20 heavy (non-hydrogen) atoms. The summed E-state index contributed by atoms with van der Waals surface area (Å²) in [7, 11) is 0. The molecule has 4 rings (SSSR count). The predicted octanol–water partition coefficient (Wildman–Crippen LogP) is 3.79. The third-order valence-electron chi connectivity index (χ3n) is 3.67. The van der Waals surface area contributed by atoms with E-state index in [2.05, 4.69) is 4.98 Å². The summed E-state index contributed by atoms with van der Waals surface area (Å²) in [6.45, 7) is 0. The number of thiazole rings is 1. The van der Waals surface area contributed by atoms with Crippen molar-refractivity contribution in [1.29, 1.82) is 0 Å². The molecule has 1 N–H and O–H groups in total. The third-order valence-corrected chi connectivity index (χ3v) is 5.26. The minimum Gasteiger partial charge on any atom is -0.322 e. The lowest BCUT2D eigenvalue weighted by Crippen LogP contribution is -2.02. The van der Waals surface area contributed by atoms with E-state index in [1.54, 1.807) is 17.4 Å². The summed E-state index contributed by atoms with van der Waals surface area (Å²) in [5.41, 5.74) is 2.82. The number of pyridine rings is 1. The normalized spacial score (nSPS) is 13.8. The van der Waals surface area contributed by atoms with E-state index in [1.807, 2.05) is 12.1 Å². The summed E-state index contributed by atoms with van der Waals surface area (Å²) in [5.74, 6) is 0. The second kappa shape index (κ2) is 4.43. The molecule has 0 bridgehead atoms. The minimum absolute atomic E-state index is 0.116. The van der Waals surface area contributed by atoms with Crippen LogP contribution in [0, 0.1) is 0 Å². The lowest BCUT2D eigenvalue weighted by Gasteiger charge is -2.05. The highest BCUT2D eigenvalue weighted by molar-refractivity contribution is 7.15. The van der Waals surface area contributed by atoms with Crippen LogP contribution in [0.4, 0.5) is 0 Å². The van der Waals surface area contributed by atoms with Crippen LogP contribution in [-0.4, -0.2) is 9.97 Å². The Kier molecular flexibility index (Phi) is 2.69. The van der Waals surface area contributed by atoms with Crippen LogP contribution in [0.2, 0.25) is 5.02 Å². The lowest BCUT2D eigenvalue weighted by atomic mass is 10.1. The molecule has 3 nitrogen and oxygen atoms in total. The fraction of sp³-hybridized carbons (Fsp3) is 0.200. The topological polar surface area (TPSA) is 45.8 Å². The van der Waals surface area contributed by atoms with Gasteiger partial charge < -0.3 is 4.98 Å². The van der Waals surface area contributed by atoms with E-state index in [1.165, 1.54) is 23.1 Å². The number of hydrogen-bond acceptors (Lipinski definition) is 3. The van der Waals surface area contributed by atoms with E-state index in [0.29, 0.717) is 5.02 Å². The van der Waals surface area contributed by atoms with Crippen molar-refractivity contribution < 1.29 is 0 Å². The highest BCUT2D eigenvalue weighted by Gasteiger charge is 2.19. The molecule has 100 valence electrons. The molecule has 0 saturated heterocycles. The summed E-state index contributed by atoms with van der Waals surface area (Å²) in [5, 5.41) is 2.50. The van der Waals surface area contributed by atoms with Crippen molar-refractivity contribution in [2.24, 2.45) is 0 Å². The molecule has 0 amide bonds. The van der Waals surface area contributed by atoms with Gasteiger partial charge in [0.25, 0.3) is 0 Å². The van der Waals surface area contributed by atoms with Crippen molar-refractivity contribution in [3.63, 3.8) is 0 Å². The molecule has 0 saturated carbocycles. The standard InChI is InChI=1S/C15H11ClN2OS/c16-14-8-5-7-13(19)17-10(8)6-4-9(14)15-18-11-2-1-3-12(11)20-15/h4-7H,1-3H2,(H,17,19). The Bertz CT molecular complexity index is 860. The number of rotatable bonds is 1. The van der Waals surface area contributed by atoms with Crippen LogP contribution in [0.15, 0.2) is 29.1 Å². The van der Waals surface area contributed by atoms with E-state index in [-0.39, 0.29) is 5.56 Å². The summed E-state index contributed by atoms with van der Waals surface area (Å²) in [6.07, 6.45) is 3.41. The molecule has 2 heterocycles. The molecule has 0 spiro atoms. The fourth-order valence-electron chi connectivity index (χ4n) is 2.67. The van der Waals surface area contributed by atoms with Gasteiger partial charge in [-0.2, -0.15) is 0 Å². The third kappa shape index (κ3) is 1.79. The maximum atomic E-state index is 11.3. The van der Waals surface area contributed by atoms with Gasteiger partial charge in [-0.15, -0.1) is 11.3 Å². The molecule has 1 aromatic carbocycles. The fourth-order valence-corrected chi connectivity index (χ4v) is 4.22. The molecule has 0 aliphatic heterocycles. The van der Waals surface area contributed by atoms with E-state index in [4.69, 9.17) is 16.6 Å². The average Bonchev–Trinajstić information content (AvgIpc) is 2.99. The number of aromatic amines is 1. The van der Waals surface area contributed by atoms with Crippen molar-refractivity contribution >= 4 is 33.8 Å². The first-order valence-electron chi connectivity index (χ1n) is 6.53. The summed E-state index contributed by atoms with van der Waals surface area (Å²) < 4.78 is 0. The molecular weight excluding hydrogens is 292 g/mol. The summed E-state index contributed by atoms with van der Waals surface area (Å²) in [6, 6.07) is 7.10. The molecule has 1 aliphatic rings. The van der Waals surface area contributed by atoms with Crippen LogP contribution >= 0.6 is 22.9 Å². The van der Waals surface area contributed by atoms with Gasteiger partial charge in [0.15, 0.2) is 0 Å². The van der Waals surface area contributed by atoms with Gasteiger partial charge in [-0.1, -0.05) is 11.6 Å². The number of nitrogens with one attached hydrogen (secondary N) is 1. The van der Waals surface area contributed by atoms with Gasteiger partial charge in [-0.05, 0) is 37.5 Å². The van der Waals surface area contributed by atoms with Gasteiger partial charge in [0.1, 0.15) is 5.01 Å². The zero-order valence-electron chi connectivity index (χ0n) is 10.6. The Hall–Kier alpha value is -1.65. The first-order valence-corrected chi connectivity index (χ1v) is 7.72. The zero-order valence-corrected chi connectivity index (χ0v) is 12.1. The summed E-state index contributed by atoms with van der Waals surface area (Å²) in [4.78, 5) is 20.2. The van der Waals surface area contributed by atoms with E-state index in [0.717, 1.165) is 34.3 Å².